The molecule has 1 aromatic rings. The molecule has 9 heteroatoms. The van der Waals surface area contributed by atoms with E-state index in [2.05, 4.69) is 53.2 Å². The summed E-state index contributed by atoms with van der Waals surface area (Å²) < 4.78 is 5.62. The fraction of sp³-hybridized carbons (Fsp3) is 0. The lowest BCUT2D eigenvalue weighted by Gasteiger charge is -2.10. The molecule has 0 unspecified atom stereocenters. The fourth-order valence-electron chi connectivity index (χ4n) is 0.605. The van der Waals surface area contributed by atoms with Crippen molar-refractivity contribution in [2.75, 3.05) is 0 Å². The van der Waals surface area contributed by atoms with Crippen LogP contribution in [-0.2, 0) is 11.8 Å². The van der Waals surface area contributed by atoms with Crippen LogP contribution in [0.25, 0.3) is 0 Å². The first-order valence-electron chi connectivity index (χ1n) is 3.06. The van der Waals surface area contributed by atoms with Crippen LogP contribution in [0, 0.1) is 0 Å². The quantitative estimate of drug-likeness (QED) is 0.608. The van der Waals surface area contributed by atoms with Crippen LogP contribution in [0.4, 0.5) is 0 Å². The van der Waals surface area contributed by atoms with Crippen molar-refractivity contribution in [1.82, 2.24) is 4.98 Å². The lowest BCUT2D eigenvalue weighted by Crippen LogP contribution is -1.94. The Morgan fingerprint density at radius 3 is 2.50 bits per heavy atom. The Bertz CT molecular complexity index is 412. The monoisotopic (exact) mass is 381 g/mol. The number of hydrogen-bond donors (Lipinski definition) is 2. The predicted octanol–water partition coefficient (Wildman–Crippen LogP) is 2.85. The first-order chi connectivity index (χ1) is 6.29. The molecule has 0 aliphatic heterocycles. The van der Waals surface area contributed by atoms with Crippen LogP contribution in [0.2, 0.25) is 5.15 Å². The van der Waals surface area contributed by atoms with Crippen molar-refractivity contribution in [3.05, 3.63) is 20.2 Å². The maximum atomic E-state index is 8.90. The standard InChI is InChI=1S/C5H3Br2ClNO3PS/c6-2-1-3(7)5(9-4(2)8)12-13(10,11)14/h1H,(H2,10,11,14). The number of hydrogen-bond acceptors (Lipinski definition) is 3. The van der Waals surface area contributed by atoms with E-state index < -0.39 is 6.72 Å². The van der Waals surface area contributed by atoms with Gasteiger partial charge in [0.1, 0.15) is 5.15 Å². The Morgan fingerprint density at radius 2 is 2.00 bits per heavy atom. The van der Waals surface area contributed by atoms with Crippen LogP contribution in [0.1, 0.15) is 0 Å². The maximum absolute atomic E-state index is 8.90. The van der Waals surface area contributed by atoms with E-state index in [-0.39, 0.29) is 11.0 Å². The smallest absolute Gasteiger partial charge is 0.376 e. The van der Waals surface area contributed by atoms with Gasteiger partial charge in [-0.25, -0.2) is 0 Å². The van der Waals surface area contributed by atoms with Crippen molar-refractivity contribution in [1.29, 1.82) is 0 Å². The third-order valence-electron chi connectivity index (χ3n) is 1.06. The van der Waals surface area contributed by atoms with Gasteiger partial charge in [0.05, 0.1) is 8.95 Å². The van der Waals surface area contributed by atoms with Gasteiger partial charge in [0, 0.05) is 11.8 Å². The summed E-state index contributed by atoms with van der Waals surface area (Å²) in [5, 5.41) is 0.145. The SMILES string of the molecule is OP(O)(=S)Oc1nc(Cl)c(Br)cc1Br. The Labute approximate surface area is 107 Å². The minimum atomic E-state index is -3.78. The first-order valence-corrected chi connectivity index (χ1v) is 7.65. The van der Waals surface area contributed by atoms with Gasteiger partial charge in [-0.1, -0.05) is 11.6 Å². The van der Waals surface area contributed by atoms with Gasteiger partial charge in [0.15, 0.2) is 0 Å². The second-order valence-electron chi connectivity index (χ2n) is 2.13. The van der Waals surface area contributed by atoms with Crippen molar-refractivity contribution < 1.29 is 14.3 Å². The summed E-state index contributed by atoms with van der Waals surface area (Å²) in [6.45, 7) is -3.78. The van der Waals surface area contributed by atoms with Gasteiger partial charge in [-0.3, -0.25) is 0 Å². The molecule has 0 saturated heterocycles. The zero-order valence-electron chi connectivity index (χ0n) is 6.32. The van der Waals surface area contributed by atoms with Gasteiger partial charge < -0.3 is 14.3 Å². The molecule has 14 heavy (non-hydrogen) atoms. The highest BCUT2D eigenvalue weighted by Crippen LogP contribution is 2.41. The Morgan fingerprint density at radius 1 is 1.43 bits per heavy atom. The summed E-state index contributed by atoms with van der Waals surface area (Å²) in [4.78, 5) is 21.5. The van der Waals surface area contributed by atoms with Crippen molar-refractivity contribution >= 4 is 62.0 Å². The van der Waals surface area contributed by atoms with Crippen LogP contribution in [0.15, 0.2) is 15.0 Å². The van der Waals surface area contributed by atoms with Crippen molar-refractivity contribution in [3.8, 4) is 5.88 Å². The molecule has 0 atom stereocenters. The van der Waals surface area contributed by atoms with Crippen LogP contribution >= 0.6 is 50.2 Å². The minimum absolute atomic E-state index is 0.0495. The van der Waals surface area contributed by atoms with E-state index in [9.17, 15) is 0 Å². The van der Waals surface area contributed by atoms with E-state index >= 15 is 0 Å². The Kier molecular flexibility index (Phi) is 4.34. The predicted molar refractivity (Wildman–Crippen MR) is 64.0 cm³/mol. The molecule has 1 rings (SSSR count). The van der Waals surface area contributed by atoms with Crippen molar-refractivity contribution in [3.63, 3.8) is 0 Å². The van der Waals surface area contributed by atoms with E-state index in [1.807, 2.05) is 0 Å². The molecule has 2 N–H and O–H groups in total. The number of nitrogens with zero attached hydrogens (tertiary/aromatic N) is 1. The van der Waals surface area contributed by atoms with Gasteiger partial charge in [0.2, 0.25) is 5.88 Å². The third kappa shape index (κ3) is 3.73. The third-order valence-corrected chi connectivity index (χ3v) is 3.38. The molecule has 0 aromatic carbocycles. The zero-order chi connectivity index (χ0) is 10.9. The van der Waals surface area contributed by atoms with E-state index in [1.54, 1.807) is 6.07 Å². The zero-order valence-corrected chi connectivity index (χ0v) is 12.0. The molecule has 78 valence electrons. The summed E-state index contributed by atoms with van der Waals surface area (Å²) in [5.74, 6) is -0.0495. The normalized spacial score (nSPS) is 11.5. The van der Waals surface area contributed by atoms with Gasteiger partial charge in [-0.15, -0.1) is 0 Å². The largest absolute Gasteiger partial charge is 0.405 e. The van der Waals surface area contributed by atoms with Crippen LogP contribution in [0.3, 0.4) is 0 Å². The number of rotatable bonds is 2. The second kappa shape index (κ2) is 4.74. The molecule has 1 aromatic heterocycles. The highest BCUT2D eigenvalue weighted by Gasteiger charge is 2.15. The maximum Gasteiger partial charge on any atom is 0.376 e. The van der Waals surface area contributed by atoms with E-state index in [1.165, 1.54) is 0 Å². The summed E-state index contributed by atoms with van der Waals surface area (Å²) >= 11 is 16.2. The summed E-state index contributed by atoms with van der Waals surface area (Å²) in [6, 6.07) is 1.57. The van der Waals surface area contributed by atoms with E-state index in [4.69, 9.17) is 21.4 Å². The highest BCUT2D eigenvalue weighted by atomic mass is 79.9. The number of aromatic nitrogens is 1. The van der Waals surface area contributed by atoms with Crippen LogP contribution < -0.4 is 4.52 Å². The lowest BCUT2D eigenvalue weighted by atomic mass is 10.5. The topological polar surface area (TPSA) is 62.6 Å². The van der Waals surface area contributed by atoms with Gasteiger partial charge in [-0.2, -0.15) is 4.98 Å². The van der Waals surface area contributed by atoms with E-state index in [0.717, 1.165) is 0 Å². The van der Waals surface area contributed by atoms with Gasteiger partial charge >= 0.3 is 6.72 Å². The first kappa shape index (κ1) is 12.8. The second-order valence-corrected chi connectivity index (χ2v) is 6.79. The Hall–Kier alpha value is 0.770. The molecule has 0 fully saturated rings. The fourth-order valence-corrected chi connectivity index (χ4v) is 2.46. The number of pyridine rings is 1. The molecule has 0 aliphatic rings. The molecule has 0 spiro atoms. The summed E-state index contributed by atoms with van der Waals surface area (Å²) in [5.41, 5.74) is 0. The summed E-state index contributed by atoms with van der Waals surface area (Å²) in [7, 11) is 0. The molecule has 0 aliphatic carbocycles. The molecule has 0 bridgehead atoms. The highest BCUT2D eigenvalue weighted by molar-refractivity contribution is 9.11. The number of halogens is 3. The summed E-state index contributed by atoms with van der Waals surface area (Å²) in [6.07, 6.45) is 0. The molecule has 0 saturated carbocycles. The molecular formula is C5H3Br2ClNO3PS. The van der Waals surface area contributed by atoms with Crippen LogP contribution in [0.5, 0.6) is 5.88 Å². The lowest BCUT2D eigenvalue weighted by molar-refractivity contribution is 0.363. The molecular weight excluding hydrogens is 380 g/mol. The average molecular weight is 383 g/mol. The molecule has 0 amide bonds. The molecule has 4 nitrogen and oxygen atoms in total. The van der Waals surface area contributed by atoms with E-state index in [0.29, 0.717) is 8.95 Å². The Balaban J connectivity index is 3.11. The van der Waals surface area contributed by atoms with Crippen molar-refractivity contribution in [2.45, 2.75) is 0 Å². The minimum Gasteiger partial charge on any atom is -0.405 e. The van der Waals surface area contributed by atoms with Gasteiger partial charge in [0.25, 0.3) is 0 Å². The van der Waals surface area contributed by atoms with Crippen molar-refractivity contribution in [2.24, 2.45) is 0 Å². The molecule has 1 heterocycles. The average Bonchev–Trinajstić information content (AvgIpc) is 1.97. The van der Waals surface area contributed by atoms with Crippen LogP contribution in [-0.4, -0.2) is 14.8 Å². The molecule has 0 radical (unpaired) electrons. The van der Waals surface area contributed by atoms with Gasteiger partial charge in [-0.05, 0) is 37.9 Å².